The number of halogens is 3. The maximum absolute atomic E-state index is 16.4. The minimum Gasteiger partial charge on any atom is -0.445 e. The Hall–Kier alpha value is -7.34. The summed E-state index contributed by atoms with van der Waals surface area (Å²) in [4.78, 5) is 98.8. The van der Waals surface area contributed by atoms with E-state index < -0.39 is 83.7 Å². The van der Waals surface area contributed by atoms with Gasteiger partial charge in [0.2, 0.25) is 23.6 Å². The second kappa shape index (κ2) is 38.5. The topological polar surface area (TPSA) is 306 Å². The number of carbonyl (C=O) groups is 7. The van der Waals surface area contributed by atoms with E-state index in [1.165, 1.54) is 16.7 Å². The van der Waals surface area contributed by atoms with Gasteiger partial charge in [-0.1, -0.05) is 56.3 Å². The van der Waals surface area contributed by atoms with E-state index in [4.69, 9.17) is 39.1 Å². The van der Waals surface area contributed by atoms with Gasteiger partial charge in [0.15, 0.2) is 0 Å². The van der Waals surface area contributed by atoms with Crippen LogP contribution in [0.2, 0.25) is 0 Å². The Kier molecular flexibility index (Phi) is 30.8. The zero-order valence-corrected chi connectivity index (χ0v) is 52.7. The molecule has 500 valence electrons. The number of rotatable bonds is 38. The monoisotopic (exact) mass is 1300 g/mol. The van der Waals surface area contributed by atoms with Crippen LogP contribution in [0.15, 0.2) is 79.0 Å². The summed E-state index contributed by atoms with van der Waals surface area (Å²) in [6.45, 7) is 7.50. The van der Waals surface area contributed by atoms with Crippen LogP contribution in [0.5, 0.6) is 0 Å². The maximum Gasteiger partial charge on any atom is 0.410 e. The number of anilines is 1. The van der Waals surface area contributed by atoms with Crippen LogP contribution in [-0.2, 0) is 65.5 Å². The van der Waals surface area contributed by atoms with Gasteiger partial charge in [-0.3, -0.25) is 24.0 Å². The van der Waals surface area contributed by atoms with Crippen LogP contribution in [0.4, 0.5) is 28.4 Å². The van der Waals surface area contributed by atoms with Crippen molar-refractivity contribution in [3.8, 4) is 11.3 Å². The van der Waals surface area contributed by atoms with Crippen molar-refractivity contribution in [2.75, 3.05) is 110 Å². The molecule has 8 N–H and O–H groups in total. The molecule has 2 aliphatic rings. The SMILES string of the molecule is CC(C)C(NC(=O)CCOCCOCCOCCOCCNC(=O)CCS)C(=O)N[C@@H](CCCNC(N)=O)C(=O)Nc1ccc(COC(=O)N2C[C@@H](CN(C(=O)[C@@H](C)O)[C@@H](c3nc(-c4cc(F)ccc4F)cn3Cc3ccccc3)C3CCOCC3)[C@@H](F)C2)cc1. The summed E-state index contributed by atoms with van der Waals surface area (Å²) in [7, 11) is 0. The Balaban J connectivity index is 1.00. The zero-order valence-electron chi connectivity index (χ0n) is 51.8. The first-order valence-electron chi connectivity index (χ1n) is 30.7. The van der Waals surface area contributed by atoms with Crippen LogP contribution in [0.25, 0.3) is 11.3 Å². The first-order valence-corrected chi connectivity index (χ1v) is 31.3. The number of aromatic nitrogens is 2. The standard InChI is InChI=1S/C63H87F3N10O14S/c1-41(2)56(73-55(79)19-25-86-27-29-88-31-32-89-30-28-87-26-22-68-54(78)20-33-91)60(81)72-52(10-7-21-69-62(67)83)59(80)70-48-14-11-44(12-15-48)40-90-63(84)75-36-46(51(66)38-75)37-76(61(82)42(3)77)57(45-17-23-85-24-18-45)58-71-53(49-34-47(64)13-16-50(49)65)39-74(58)35-43-8-5-4-6-9-43/h4-6,8-9,11-16,34,39,41-42,45-46,51-52,56-57,77,91H,7,10,17-33,35-38,40H2,1-3H3,(H,68,78)(H,70,80)(H,72,81)(H,73,79)(H3,67,69,83)/t42-,46+,51+,52+,56?,57-/m1/s1. The molecule has 0 aliphatic carbocycles. The summed E-state index contributed by atoms with van der Waals surface area (Å²) in [5.41, 5.74) is 6.93. The highest BCUT2D eigenvalue weighted by molar-refractivity contribution is 7.80. The third kappa shape index (κ3) is 24.3. The Labute approximate surface area is 533 Å². The summed E-state index contributed by atoms with van der Waals surface area (Å²) in [6.07, 6.45) is -0.849. The molecule has 0 saturated carbocycles. The Bertz CT molecular complexity index is 2950. The molecule has 8 amide bonds. The van der Waals surface area contributed by atoms with Crippen molar-refractivity contribution in [1.82, 2.24) is 40.6 Å². The fourth-order valence-electron chi connectivity index (χ4n) is 10.4. The quantitative estimate of drug-likeness (QED) is 0.0215. The number of urea groups is 1. The van der Waals surface area contributed by atoms with E-state index in [-0.39, 0.29) is 107 Å². The highest BCUT2D eigenvalue weighted by Gasteiger charge is 2.44. The Morgan fingerprint density at radius 2 is 1.46 bits per heavy atom. The predicted molar refractivity (Wildman–Crippen MR) is 333 cm³/mol. The summed E-state index contributed by atoms with van der Waals surface area (Å²) < 4.78 is 81.4. The van der Waals surface area contributed by atoms with Crippen molar-refractivity contribution in [2.24, 2.45) is 23.5 Å². The molecule has 2 saturated heterocycles. The van der Waals surface area contributed by atoms with E-state index in [2.05, 4.69) is 39.2 Å². The number of likely N-dealkylation sites (tertiary alicyclic amines) is 1. The predicted octanol–water partition coefficient (Wildman–Crippen LogP) is 5.07. The first-order chi connectivity index (χ1) is 43.8. The van der Waals surface area contributed by atoms with Crippen LogP contribution in [-0.4, -0.2) is 195 Å². The van der Waals surface area contributed by atoms with Crippen LogP contribution in [0, 0.1) is 29.4 Å². The molecule has 0 bridgehead atoms. The largest absolute Gasteiger partial charge is 0.445 e. The first kappa shape index (κ1) is 72.7. The van der Waals surface area contributed by atoms with Gasteiger partial charge in [0.1, 0.15) is 48.4 Å². The van der Waals surface area contributed by atoms with Crippen LogP contribution < -0.4 is 32.3 Å². The van der Waals surface area contributed by atoms with Crippen molar-refractivity contribution in [3.05, 3.63) is 108 Å². The lowest BCUT2D eigenvalue weighted by Gasteiger charge is -2.40. The molecule has 2 fully saturated rings. The van der Waals surface area contributed by atoms with E-state index in [0.29, 0.717) is 94.9 Å². The van der Waals surface area contributed by atoms with E-state index in [1.807, 2.05) is 30.3 Å². The third-order valence-corrected chi connectivity index (χ3v) is 15.4. The van der Waals surface area contributed by atoms with Crippen LogP contribution >= 0.6 is 12.6 Å². The van der Waals surface area contributed by atoms with Gasteiger partial charge in [-0.15, -0.1) is 0 Å². The summed E-state index contributed by atoms with van der Waals surface area (Å²) in [5.74, 6) is -4.71. The van der Waals surface area contributed by atoms with Crippen LogP contribution in [0.3, 0.4) is 0 Å². The van der Waals surface area contributed by atoms with E-state index in [1.54, 1.807) is 48.9 Å². The molecule has 6 atom stereocenters. The molecule has 3 heterocycles. The fourth-order valence-corrected chi connectivity index (χ4v) is 10.6. The number of hydrogen-bond donors (Lipinski definition) is 8. The van der Waals surface area contributed by atoms with E-state index in [9.17, 15) is 43.1 Å². The van der Waals surface area contributed by atoms with Crippen molar-refractivity contribution in [2.45, 2.75) is 103 Å². The van der Waals surface area contributed by atoms with Crippen LogP contribution in [0.1, 0.15) is 82.3 Å². The van der Waals surface area contributed by atoms with Gasteiger partial charge < -0.3 is 80.2 Å². The normalized spacial score (nSPS) is 16.3. The van der Waals surface area contributed by atoms with Gasteiger partial charge in [0.05, 0.1) is 71.1 Å². The number of alkyl halides is 1. The number of benzene rings is 3. The second-order valence-electron chi connectivity index (χ2n) is 22.5. The lowest BCUT2D eigenvalue weighted by atomic mass is 9.88. The molecule has 1 unspecified atom stereocenters. The second-order valence-corrected chi connectivity index (χ2v) is 23.0. The number of nitrogens with one attached hydrogen (secondary N) is 5. The number of aliphatic hydroxyl groups excluding tert-OH is 1. The average Bonchev–Trinajstić information content (AvgIpc) is 1.72. The van der Waals surface area contributed by atoms with E-state index in [0.717, 1.165) is 23.8 Å². The van der Waals surface area contributed by atoms with Crippen molar-refractivity contribution >= 4 is 60.0 Å². The number of thiol groups is 1. The van der Waals surface area contributed by atoms with Gasteiger partial charge in [-0.05, 0) is 91.7 Å². The smallest absolute Gasteiger partial charge is 0.410 e. The van der Waals surface area contributed by atoms with Gasteiger partial charge >= 0.3 is 12.1 Å². The number of carbonyl (C=O) groups excluding carboxylic acids is 7. The minimum absolute atomic E-state index is 0.0535. The Morgan fingerprint density at radius 3 is 2.11 bits per heavy atom. The number of nitrogens with zero attached hydrogens (tertiary/aromatic N) is 4. The average molecular weight is 1300 g/mol. The highest BCUT2D eigenvalue weighted by Crippen LogP contribution is 2.39. The fraction of sp³-hybridized carbons (Fsp3) is 0.556. The summed E-state index contributed by atoms with van der Waals surface area (Å²) in [6, 6.07) is 14.9. The number of imidazole rings is 1. The summed E-state index contributed by atoms with van der Waals surface area (Å²) in [5, 5.41) is 24.4. The number of amides is 8. The number of aliphatic hydroxyl groups is 1. The molecular formula is C63H87F3N10O14S. The lowest BCUT2D eigenvalue weighted by molar-refractivity contribution is -0.145. The molecule has 0 radical (unpaired) electrons. The molecule has 3 aromatic carbocycles. The molecule has 2 aliphatic heterocycles. The highest BCUT2D eigenvalue weighted by atomic mass is 32.1. The molecule has 91 heavy (non-hydrogen) atoms. The zero-order chi connectivity index (χ0) is 65.7. The molecule has 1 aromatic heterocycles. The van der Waals surface area contributed by atoms with E-state index >= 15 is 8.78 Å². The third-order valence-electron chi connectivity index (χ3n) is 15.2. The number of nitrogens with two attached hydrogens (primary N) is 1. The molecular weight excluding hydrogens is 1210 g/mol. The summed E-state index contributed by atoms with van der Waals surface area (Å²) >= 11 is 4.02. The molecule has 4 aromatic rings. The Morgan fingerprint density at radius 1 is 0.791 bits per heavy atom. The van der Waals surface area contributed by atoms with Gasteiger partial charge in [0, 0.05) is 82.1 Å². The molecule has 6 rings (SSSR count). The van der Waals surface area contributed by atoms with Gasteiger partial charge in [-0.2, -0.15) is 12.6 Å². The molecule has 28 heteroatoms. The van der Waals surface area contributed by atoms with Crippen molar-refractivity contribution < 1.29 is 80.3 Å². The minimum atomic E-state index is -1.62. The maximum atomic E-state index is 16.4. The van der Waals surface area contributed by atoms with Gasteiger partial charge in [-0.25, -0.2) is 27.7 Å². The molecule has 24 nitrogen and oxygen atoms in total. The van der Waals surface area contributed by atoms with Crippen molar-refractivity contribution in [1.29, 1.82) is 0 Å². The number of hydrogen-bond acceptors (Lipinski definition) is 16. The van der Waals surface area contributed by atoms with Crippen molar-refractivity contribution in [3.63, 3.8) is 0 Å². The molecule has 0 spiro atoms. The number of ether oxygens (including phenoxy) is 6. The van der Waals surface area contributed by atoms with Gasteiger partial charge in [0.25, 0.3) is 5.91 Å². The lowest BCUT2D eigenvalue weighted by Crippen LogP contribution is -2.54. The number of primary amides is 1.